The largest absolute Gasteiger partial charge is 0.237 e. The number of aliphatic imine (C=N–C) groups is 1. The summed E-state index contributed by atoms with van der Waals surface area (Å²) in [5.74, 6) is 0.850. The van der Waals surface area contributed by atoms with Crippen molar-refractivity contribution in [3.8, 4) is 17.1 Å². The second-order valence-electron chi connectivity index (χ2n) is 6.44. The Morgan fingerprint density at radius 3 is 2.74 bits per heavy atom. The maximum atomic E-state index is 4.82. The fraction of sp³-hybridized carbons (Fsp3) is 0.143. The lowest BCUT2D eigenvalue weighted by Crippen LogP contribution is -2.08. The van der Waals surface area contributed by atoms with Gasteiger partial charge in [-0.05, 0) is 37.5 Å². The molecule has 1 aromatic carbocycles. The van der Waals surface area contributed by atoms with Crippen molar-refractivity contribution in [1.82, 2.24) is 19.7 Å². The summed E-state index contributed by atoms with van der Waals surface area (Å²) >= 11 is 1.67. The second-order valence-corrected chi connectivity index (χ2v) is 7.51. The maximum absolute atomic E-state index is 4.82. The molecule has 1 aliphatic carbocycles. The molecular weight excluding hydrogens is 354 g/mol. The van der Waals surface area contributed by atoms with Gasteiger partial charge in [-0.25, -0.2) is 19.6 Å². The summed E-state index contributed by atoms with van der Waals surface area (Å²) in [6, 6.07) is 16.0. The molecule has 3 heterocycles. The van der Waals surface area contributed by atoms with Crippen LogP contribution in [0.15, 0.2) is 59.7 Å². The number of aryl methyl sites for hydroxylation is 2. The Bertz CT molecular complexity index is 1130. The first kappa shape index (κ1) is 16.1. The molecule has 0 unspecified atom stereocenters. The number of benzene rings is 1. The zero-order valence-corrected chi connectivity index (χ0v) is 15.6. The fourth-order valence-corrected chi connectivity index (χ4v) is 4.35. The van der Waals surface area contributed by atoms with E-state index in [1.165, 1.54) is 10.6 Å². The van der Waals surface area contributed by atoms with E-state index < -0.39 is 0 Å². The van der Waals surface area contributed by atoms with E-state index >= 15 is 0 Å². The Hall–Kier alpha value is -3.12. The summed E-state index contributed by atoms with van der Waals surface area (Å²) < 4.78 is 1.96. The van der Waals surface area contributed by atoms with Crippen LogP contribution in [-0.4, -0.2) is 26.0 Å². The Labute approximate surface area is 161 Å². The van der Waals surface area contributed by atoms with Gasteiger partial charge >= 0.3 is 0 Å². The van der Waals surface area contributed by atoms with Gasteiger partial charge in [0.15, 0.2) is 5.82 Å². The number of pyridine rings is 1. The molecule has 5 rings (SSSR count). The standard InChI is InChI=1S/C21H17N5S/c1-14-19-16(26(25-14)18-9-5-6-12-22-18)10-11-17-20(19)24-21(27-17)23-13-15-7-3-2-4-8-15/h2-9,12-13H,10-11H2,1H3/b23-13+. The third kappa shape index (κ3) is 2.88. The van der Waals surface area contributed by atoms with Crippen LogP contribution < -0.4 is 0 Å². The van der Waals surface area contributed by atoms with Gasteiger partial charge < -0.3 is 0 Å². The summed E-state index contributed by atoms with van der Waals surface area (Å²) in [7, 11) is 0. The van der Waals surface area contributed by atoms with Crippen molar-refractivity contribution in [1.29, 1.82) is 0 Å². The van der Waals surface area contributed by atoms with Gasteiger partial charge in [-0.15, -0.1) is 0 Å². The van der Waals surface area contributed by atoms with Gasteiger partial charge in [0, 0.05) is 22.9 Å². The minimum absolute atomic E-state index is 0.793. The van der Waals surface area contributed by atoms with Crippen LogP contribution in [0.5, 0.6) is 0 Å². The van der Waals surface area contributed by atoms with Gasteiger partial charge in [0.2, 0.25) is 5.13 Å². The van der Waals surface area contributed by atoms with Gasteiger partial charge in [0.1, 0.15) is 0 Å². The lowest BCUT2D eigenvalue weighted by atomic mass is 9.98. The highest BCUT2D eigenvalue weighted by atomic mass is 32.1. The van der Waals surface area contributed by atoms with Crippen LogP contribution in [-0.2, 0) is 12.8 Å². The van der Waals surface area contributed by atoms with Crippen molar-refractivity contribution in [3.05, 3.63) is 76.6 Å². The average molecular weight is 371 g/mol. The first-order valence-electron chi connectivity index (χ1n) is 8.89. The molecule has 1 aliphatic rings. The zero-order valence-electron chi connectivity index (χ0n) is 14.8. The molecule has 6 heteroatoms. The highest BCUT2D eigenvalue weighted by molar-refractivity contribution is 7.15. The minimum atomic E-state index is 0.793. The molecular formula is C21H17N5S. The van der Waals surface area contributed by atoms with E-state index in [0.29, 0.717) is 0 Å². The number of nitrogens with zero attached hydrogens (tertiary/aromatic N) is 5. The predicted octanol–water partition coefficient (Wildman–Crippen LogP) is 4.55. The Balaban J connectivity index is 1.55. The molecule has 0 amide bonds. The lowest BCUT2D eigenvalue weighted by Gasteiger charge is -2.13. The van der Waals surface area contributed by atoms with Gasteiger partial charge in [-0.3, -0.25) is 0 Å². The topological polar surface area (TPSA) is 56.0 Å². The summed E-state index contributed by atoms with van der Waals surface area (Å²) in [6.45, 7) is 2.04. The van der Waals surface area contributed by atoms with Crippen molar-refractivity contribution in [2.24, 2.45) is 4.99 Å². The quantitative estimate of drug-likeness (QED) is 0.497. The number of hydrogen-bond acceptors (Lipinski definition) is 5. The smallest absolute Gasteiger partial charge is 0.209 e. The van der Waals surface area contributed by atoms with Crippen LogP contribution in [0, 0.1) is 6.92 Å². The molecule has 0 radical (unpaired) electrons. The Morgan fingerprint density at radius 2 is 1.93 bits per heavy atom. The summed E-state index contributed by atoms with van der Waals surface area (Å²) in [5, 5.41) is 5.54. The van der Waals surface area contributed by atoms with E-state index in [-0.39, 0.29) is 0 Å². The number of rotatable bonds is 3. The SMILES string of the molecule is Cc1nn(-c2ccccn2)c2c1-c1nc(/N=C/c3ccccc3)sc1CC2. The van der Waals surface area contributed by atoms with Gasteiger partial charge in [-0.1, -0.05) is 47.7 Å². The summed E-state index contributed by atoms with van der Waals surface area (Å²) in [6.07, 6.45) is 5.56. The number of fused-ring (bicyclic) bond motifs is 3. The highest BCUT2D eigenvalue weighted by Gasteiger charge is 2.27. The molecule has 0 saturated carbocycles. The highest BCUT2D eigenvalue weighted by Crippen LogP contribution is 2.41. The van der Waals surface area contributed by atoms with E-state index in [0.717, 1.165) is 46.3 Å². The first-order valence-corrected chi connectivity index (χ1v) is 9.70. The molecule has 0 spiro atoms. The molecule has 0 fully saturated rings. The van der Waals surface area contributed by atoms with Crippen molar-refractivity contribution >= 4 is 22.7 Å². The molecule has 0 atom stereocenters. The Morgan fingerprint density at radius 1 is 1.07 bits per heavy atom. The summed E-state index contributed by atoms with van der Waals surface area (Å²) in [4.78, 5) is 15.2. The van der Waals surface area contributed by atoms with Crippen LogP contribution in [0.2, 0.25) is 0 Å². The van der Waals surface area contributed by atoms with E-state index in [1.807, 2.05) is 66.4 Å². The van der Waals surface area contributed by atoms with Crippen LogP contribution in [0.4, 0.5) is 5.13 Å². The predicted molar refractivity (Wildman–Crippen MR) is 108 cm³/mol. The second kappa shape index (κ2) is 6.55. The zero-order chi connectivity index (χ0) is 18.2. The van der Waals surface area contributed by atoms with Crippen molar-refractivity contribution in [2.75, 3.05) is 0 Å². The maximum Gasteiger partial charge on any atom is 0.209 e. The van der Waals surface area contributed by atoms with Crippen LogP contribution in [0.25, 0.3) is 17.1 Å². The minimum Gasteiger partial charge on any atom is -0.237 e. The molecule has 5 nitrogen and oxygen atoms in total. The summed E-state index contributed by atoms with van der Waals surface area (Å²) in [5.41, 5.74) is 5.41. The van der Waals surface area contributed by atoms with Crippen molar-refractivity contribution < 1.29 is 0 Å². The average Bonchev–Trinajstić information content (AvgIpc) is 3.28. The van der Waals surface area contributed by atoms with E-state index in [1.54, 1.807) is 17.5 Å². The van der Waals surface area contributed by atoms with Crippen LogP contribution >= 0.6 is 11.3 Å². The molecule has 0 bridgehead atoms. The normalized spacial score (nSPS) is 12.9. The monoisotopic (exact) mass is 371 g/mol. The molecule has 3 aromatic heterocycles. The number of hydrogen-bond donors (Lipinski definition) is 0. The first-order chi connectivity index (χ1) is 13.3. The number of aromatic nitrogens is 4. The van der Waals surface area contributed by atoms with E-state index in [9.17, 15) is 0 Å². The van der Waals surface area contributed by atoms with Gasteiger partial charge in [0.25, 0.3) is 0 Å². The van der Waals surface area contributed by atoms with E-state index in [2.05, 4.69) is 9.98 Å². The van der Waals surface area contributed by atoms with Crippen molar-refractivity contribution in [3.63, 3.8) is 0 Å². The van der Waals surface area contributed by atoms with Crippen LogP contribution in [0.1, 0.15) is 21.8 Å². The third-order valence-electron chi connectivity index (χ3n) is 4.66. The lowest BCUT2D eigenvalue weighted by molar-refractivity contribution is 0.760. The van der Waals surface area contributed by atoms with Crippen molar-refractivity contribution in [2.45, 2.75) is 19.8 Å². The van der Waals surface area contributed by atoms with Crippen LogP contribution in [0.3, 0.4) is 0 Å². The Kier molecular flexibility index (Phi) is 3.90. The third-order valence-corrected chi connectivity index (χ3v) is 5.68. The molecule has 0 N–H and O–H groups in total. The molecule has 132 valence electrons. The molecule has 0 saturated heterocycles. The fourth-order valence-electron chi connectivity index (χ4n) is 3.44. The molecule has 27 heavy (non-hydrogen) atoms. The van der Waals surface area contributed by atoms with Gasteiger partial charge in [0.05, 0.1) is 17.1 Å². The van der Waals surface area contributed by atoms with E-state index in [4.69, 9.17) is 10.1 Å². The molecule has 0 aliphatic heterocycles. The molecule has 4 aromatic rings. The number of thiazole rings is 1. The van der Waals surface area contributed by atoms with Gasteiger partial charge in [-0.2, -0.15) is 5.10 Å².